The molecule has 1 saturated heterocycles. The summed E-state index contributed by atoms with van der Waals surface area (Å²) in [5.41, 5.74) is 0.0740. The number of amides is 1. The number of hydrogen-bond donors (Lipinski definition) is 2. The van der Waals surface area contributed by atoms with Gasteiger partial charge in [-0.1, -0.05) is 0 Å². The molecule has 1 aromatic rings. The van der Waals surface area contributed by atoms with Gasteiger partial charge < -0.3 is 20.1 Å². The number of anilines is 1. The molecule has 2 rings (SSSR count). The van der Waals surface area contributed by atoms with Crippen LogP contribution in [0.25, 0.3) is 0 Å². The van der Waals surface area contributed by atoms with Gasteiger partial charge in [0, 0.05) is 46.8 Å². The van der Waals surface area contributed by atoms with Crippen molar-refractivity contribution in [3.05, 3.63) is 17.8 Å². The smallest absolute Gasteiger partial charge is 0.271 e. The molecular formula is C13H20N4O3. The SMILES string of the molecule is CNC(=O)c1ccc(NCC2(OC)CCOCC2)nn1. The zero-order chi connectivity index (χ0) is 14.4. The van der Waals surface area contributed by atoms with Crippen molar-refractivity contribution in [2.24, 2.45) is 0 Å². The van der Waals surface area contributed by atoms with Crippen LogP contribution < -0.4 is 10.6 Å². The molecule has 1 fully saturated rings. The molecule has 2 heterocycles. The molecule has 1 aromatic heterocycles. The lowest BCUT2D eigenvalue weighted by atomic mass is 9.94. The molecular weight excluding hydrogens is 260 g/mol. The van der Waals surface area contributed by atoms with Gasteiger partial charge in [-0.05, 0) is 12.1 Å². The van der Waals surface area contributed by atoms with Crippen molar-refractivity contribution in [2.45, 2.75) is 18.4 Å². The Balaban J connectivity index is 1.94. The first-order valence-corrected chi connectivity index (χ1v) is 6.62. The lowest BCUT2D eigenvalue weighted by Gasteiger charge is -2.36. The second-order valence-electron chi connectivity index (χ2n) is 4.74. The molecule has 2 N–H and O–H groups in total. The molecule has 0 unspecified atom stereocenters. The molecule has 0 radical (unpaired) electrons. The predicted octanol–water partition coefficient (Wildman–Crippen LogP) is 0.444. The number of nitrogens with one attached hydrogen (secondary N) is 2. The number of rotatable bonds is 5. The summed E-state index contributed by atoms with van der Waals surface area (Å²) in [6, 6.07) is 3.37. The Hall–Kier alpha value is -1.73. The van der Waals surface area contributed by atoms with Crippen LogP contribution in [0.15, 0.2) is 12.1 Å². The van der Waals surface area contributed by atoms with Gasteiger partial charge in [-0.15, -0.1) is 10.2 Å². The van der Waals surface area contributed by atoms with Crippen LogP contribution in [0.1, 0.15) is 23.3 Å². The molecule has 20 heavy (non-hydrogen) atoms. The van der Waals surface area contributed by atoms with Crippen molar-refractivity contribution >= 4 is 11.7 Å². The highest BCUT2D eigenvalue weighted by Gasteiger charge is 2.32. The first kappa shape index (κ1) is 14.7. The third-order valence-corrected chi connectivity index (χ3v) is 3.55. The van der Waals surface area contributed by atoms with E-state index >= 15 is 0 Å². The van der Waals surface area contributed by atoms with Crippen LogP contribution in [0.2, 0.25) is 0 Å². The second-order valence-corrected chi connectivity index (χ2v) is 4.74. The van der Waals surface area contributed by atoms with Crippen molar-refractivity contribution < 1.29 is 14.3 Å². The molecule has 7 heteroatoms. The van der Waals surface area contributed by atoms with Gasteiger partial charge in [-0.3, -0.25) is 4.79 Å². The molecule has 1 aliphatic heterocycles. The summed E-state index contributed by atoms with van der Waals surface area (Å²) < 4.78 is 11.0. The van der Waals surface area contributed by atoms with Crippen LogP contribution in [0, 0.1) is 0 Å². The number of hydrogen-bond acceptors (Lipinski definition) is 6. The Kier molecular flexibility index (Phi) is 4.86. The summed E-state index contributed by atoms with van der Waals surface area (Å²) in [5.74, 6) is 0.377. The third-order valence-electron chi connectivity index (χ3n) is 3.55. The summed E-state index contributed by atoms with van der Waals surface area (Å²) in [6.07, 6.45) is 1.69. The van der Waals surface area contributed by atoms with Crippen LogP contribution in [0.3, 0.4) is 0 Å². The van der Waals surface area contributed by atoms with E-state index in [0.717, 1.165) is 12.8 Å². The monoisotopic (exact) mass is 280 g/mol. The molecule has 0 aromatic carbocycles. The van der Waals surface area contributed by atoms with Crippen molar-refractivity contribution in [2.75, 3.05) is 39.2 Å². The van der Waals surface area contributed by atoms with E-state index in [9.17, 15) is 4.79 Å². The standard InChI is InChI=1S/C13H20N4O3/c1-14-12(18)10-3-4-11(17-16-10)15-9-13(19-2)5-7-20-8-6-13/h3-4H,5-9H2,1-2H3,(H,14,18)(H,15,17). The number of ether oxygens (including phenoxy) is 2. The highest BCUT2D eigenvalue weighted by atomic mass is 16.5. The number of aromatic nitrogens is 2. The van der Waals surface area contributed by atoms with Gasteiger partial charge >= 0.3 is 0 Å². The molecule has 0 spiro atoms. The van der Waals surface area contributed by atoms with E-state index in [-0.39, 0.29) is 11.5 Å². The number of methoxy groups -OCH3 is 1. The van der Waals surface area contributed by atoms with Crippen molar-refractivity contribution in [1.82, 2.24) is 15.5 Å². The second kappa shape index (κ2) is 6.62. The Morgan fingerprint density at radius 2 is 2.15 bits per heavy atom. The minimum Gasteiger partial charge on any atom is -0.381 e. The van der Waals surface area contributed by atoms with E-state index in [4.69, 9.17) is 9.47 Å². The van der Waals surface area contributed by atoms with Crippen LogP contribution in [0.5, 0.6) is 0 Å². The zero-order valence-electron chi connectivity index (χ0n) is 11.8. The molecule has 1 aliphatic rings. The Morgan fingerprint density at radius 3 is 2.70 bits per heavy atom. The van der Waals surface area contributed by atoms with Crippen molar-refractivity contribution in [3.8, 4) is 0 Å². The topological polar surface area (TPSA) is 85.4 Å². The summed E-state index contributed by atoms with van der Waals surface area (Å²) in [5, 5.41) is 13.6. The van der Waals surface area contributed by atoms with Gasteiger partial charge in [0.25, 0.3) is 5.91 Å². The summed E-state index contributed by atoms with van der Waals surface area (Å²) in [6.45, 7) is 2.05. The van der Waals surface area contributed by atoms with E-state index < -0.39 is 0 Å². The summed E-state index contributed by atoms with van der Waals surface area (Å²) in [7, 11) is 3.27. The van der Waals surface area contributed by atoms with Crippen molar-refractivity contribution in [1.29, 1.82) is 0 Å². The predicted molar refractivity (Wildman–Crippen MR) is 73.7 cm³/mol. The Bertz CT molecular complexity index is 443. The minimum absolute atomic E-state index is 0.223. The highest BCUT2D eigenvalue weighted by Crippen LogP contribution is 2.24. The minimum atomic E-state index is -0.248. The maximum atomic E-state index is 11.4. The molecule has 0 atom stereocenters. The average molecular weight is 280 g/mol. The first-order chi connectivity index (χ1) is 9.69. The Morgan fingerprint density at radius 1 is 1.40 bits per heavy atom. The fraction of sp³-hybridized carbons (Fsp3) is 0.615. The van der Waals surface area contributed by atoms with Gasteiger partial charge in [-0.25, -0.2) is 0 Å². The van der Waals surface area contributed by atoms with Gasteiger partial charge in [0.15, 0.2) is 5.69 Å². The molecule has 0 bridgehead atoms. The zero-order valence-corrected chi connectivity index (χ0v) is 11.8. The maximum Gasteiger partial charge on any atom is 0.271 e. The highest BCUT2D eigenvalue weighted by molar-refractivity contribution is 5.91. The third kappa shape index (κ3) is 3.43. The van der Waals surface area contributed by atoms with Crippen LogP contribution in [-0.4, -0.2) is 55.6 Å². The molecule has 0 saturated carbocycles. The van der Waals surface area contributed by atoms with Gasteiger partial charge in [-0.2, -0.15) is 0 Å². The van der Waals surface area contributed by atoms with E-state index in [1.54, 1.807) is 26.3 Å². The quantitative estimate of drug-likeness (QED) is 0.814. The van der Waals surface area contributed by atoms with E-state index in [0.29, 0.717) is 31.3 Å². The van der Waals surface area contributed by atoms with E-state index in [1.165, 1.54) is 0 Å². The average Bonchev–Trinajstić information content (AvgIpc) is 2.53. The fourth-order valence-electron chi connectivity index (χ4n) is 2.12. The number of nitrogens with zero attached hydrogens (tertiary/aromatic N) is 2. The Labute approximate surface area is 118 Å². The summed E-state index contributed by atoms with van der Waals surface area (Å²) in [4.78, 5) is 11.4. The normalized spacial score (nSPS) is 17.5. The van der Waals surface area contributed by atoms with Crippen LogP contribution in [-0.2, 0) is 9.47 Å². The summed E-state index contributed by atoms with van der Waals surface area (Å²) >= 11 is 0. The fourth-order valence-corrected chi connectivity index (χ4v) is 2.12. The van der Waals surface area contributed by atoms with Gasteiger partial charge in [0.1, 0.15) is 5.82 Å². The van der Waals surface area contributed by atoms with E-state index in [1.807, 2.05) is 0 Å². The lowest BCUT2D eigenvalue weighted by Crippen LogP contribution is -2.44. The largest absolute Gasteiger partial charge is 0.381 e. The molecule has 0 aliphatic carbocycles. The van der Waals surface area contributed by atoms with Gasteiger partial charge in [0.2, 0.25) is 0 Å². The van der Waals surface area contributed by atoms with Crippen molar-refractivity contribution in [3.63, 3.8) is 0 Å². The lowest BCUT2D eigenvalue weighted by molar-refractivity contribution is -0.0807. The number of carbonyl (C=O) groups excluding carboxylic acids is 1. The maximum absolute atomic E-state index is 11.4. The van der Waals surface area contributed by atoms with Gasteiger partial charge in [0.05, 0.1) is 5.60 Å². The van der Waals surface area contributed by atoms with Crippen LogP contribution >= 0.6 is 0 Å². The number of carbonyl (C=O) groups is 1. The molecule has 7 nitrogen and oxygen atoms in total. The first-order valence-electron chi connectivity index (χ1n) is 6.62. The van der Waals surface area contributed by atoms with Crippen LogP contribution in [0.4, 0.5) is 5.82 Å². The molecule has 110 valence electrons. The molecule has 1 amide bonds. The van der Waals surface area contributed by atoms with E-state index in [2.05, 4.69) is 20.8 Å².